The molecule has 1 aliphatic rings. The lowest BCUT2D eigenvalue weighted by molar-refractivity contribution is 0.143. The Bertz CT molecular complexity index is 355. The summed E-state index contributed by atoms with van der Waals surface area (Å²) in [5, 5.41) is 0. The van der Waals surface area contributed by atoms with Crippen LogP contribution in [0.4, 0.5) is 0 Å². The molecule has 1 heterocycles. The molecule has 0 aromatic rings. The third-order valence-corrected chi connectivity index (χ3v) is 3.46. The summed E-state index contributed by atoms with van der Waals surface area (Å²) in [6.45, 7) is 8.05. The summed E-state index contributed by atoms with van der Waals surface area (Å²) < 4.78 is 30.5. The summed E-state index contributed by atoms with van der Waals surface area (Å²) >= 11 is 0. The summed E-state index contributed by atoms with van der Waals surface area (Å²) in [6.07, 6.45) is 3.22. The molecule has 16 heavy (non-hydrogen) atoms. The monoisotopic (exact) mass is 247 g/mol. The number of rotatable bonds is 3. The van der Waals surface area contributed by atoms with Gasteiger partial charge in [0.15, 0.2) is 0 Å². The maximum Gasteiger partial charge on any atom is 0.336 e. The maximum absolute atomic E-state index is 11.5. The summed E-state index contributed by atoms with van der Waals surface area (Å²) in [5.41, 5.74) is 1.11. The largest absolute Gasteiger partial charge is 0.336 e. The average molecular weight is 247 g/mol. The number of allylic oxidation sites excluding steroid dienone is 1. The van der Waals surface area contributed by atoms with Gasteiger partial charge >= 0.3 is 10.3 Å². The average Bonchev–Trinajstić information content (AvgIpc) is 1.95. The lowest BCUT2D eigenvalue weighted by Crippen LogP contribution is -2.45. The van der Waals surface area contributed by atoms with E-state index in [9.17, 15) is 8.42 Å². The Hall–Kier alpha value is -0.390. The second-order valence-corrected chi connectivity index (χ2v) is 6.34. The quantitative estimate of drug-likeness (QED) is 0.776. The molecule has 0 spiro atoms. The van der Waals surface area contributed by atoms with E-state index < -0.39 is 10.3 Å². The molecule has 0 aliphatic carbocycles. The third kappa shape index (κ3) is 4.63. The van der Waals surface area contributed by atoms with Crippen molar-refractivity contribution in [3.63, 3.8) is 0 Å². The van der Waals surface area contributed by atoms with E-state index in [2.05, 4.69) is 18.6 Å². The van der Waals surface area contributed by atoms with E-state index in [1.54, 1.807) is 0 Å². The van der Waals surface area contributed by atoms with Crippen molar-refractivity contribution in [1.82, 2.24) is 4.72 Å². The molecule has 1 saturated heterocycles. The molecular formula is C11H21NO3S. The van der Waals surface area contributed by atoms with Crippen LogP contribution in [0.5, 0.6) is 0 Å². The minimum atomic E-state index is -3.57. The van der Waals surface area contributed by atoms with Crippen molar-refractivity contribution in [1.29, 1.82) is 0 Å². The van der Waals surface area contributed by atoms with E-state index in [1.165, 1.54) is 0 Å². The Kier molecular flexibility index (Phi) is 4.52. The molecule has 0 bridgehead atoms. The van der Waals surface area contributed by atoms with E-state index in [0.29, 0.717) is 12.3 Å². The van der Waals surface area contributed by atoms with Crippen LogP contribution in [0.2, 0.25) is 0 Å². The lowest BCUT2D eigenvalue weighted by atomic mass is 9.99. The molecule has 1 N–H and O–H groups in total. The Morgan fingerprint density at radius 1 is 1.50 bits per heavy atom. The van der Waals surface area contributed by atoms with Gasteiger partial charge in [-0.1, -0.05) is 25.5 Å². The summed E-state index contributed by atoms with van der Waals surface area (Å²) in [7, 11) is -3.57. The third-order valence-electron chi connectivity index (χ3n) is 2.34. The van der Waals surface area contributed by atoms with Crippen LogP contribution in [0, 0.1) is 5.92 Å². The highest BCUT2D eigenvalue weighted by Gasteiger charge is 2.30. The molecule has 0 aromatic carbocycles. The molecule has 4 nitrogen and oxygen atoms in total. The molecule has 94 valence electrons. The minimum absolute atomic E-state index is 0.132. The Labute approximate surface area is 98.3 Å². The molecule has 0 saturated carbocycles. The van der Waals surface area contributed by atoms with Crippen molar-refractivity contribution in [2.45, 2.75) is 52.7 Å². The van der Waals surface area contributed by atoms with Crippen molar-refractivity contribution >= 4 is 10.3 Å². The van der Waals surface area contributed by atoms with Gasteiger partial charge in [0.1, 0.15) is 0 Å². The van der Waals surface area contributed by atoms with Gasteiger partial charge in [-0.05, 0) is 32.6 Å². The molecule has 2 atom stereocenters. The molecule has 5 heteroatoms. The fourth-order valence-corrected chi connectivity index (χ4v) is 3.03. The van der Waals surface area contributed by atoms with E-state index >= 15 is 0 Å². The van der Waals surface area contributed by atoms with E-state index in [0.717, 1.165) is 12.0 Å². The summed E-state index contributed by atoms with van der Waals surface area (Å²) in [6, 6.07) is -0.132. The Morgan fingerprint density at radius 2 is 2.12 bits per heavy atom. The highest BCUT2D eigenvalue weighted by Crippen LogP contribution is 2.21. The molecule has 1 rings (SSSR count). The van der Waals surface area contributed by atoms with Crippen LogP contribution < -0.4 is 4.72 Å². The van der Waals surface area contributed by atoms with Crippen LogP contribution in [0.15, 0.2) is 11.6 Å². The van der Waals surface area contributed by atoms with Crippen LogP contribution in [0.25, 0.3) is 0 Å². The SMILES string of the molecule is CC(C)=C[C@@H]1C[C@H](CC(C)C)OS(=O)(=O)N1. The second-order valence-electron chi connectivity index (χ2n) is 5.01. The zero-order valence-electron chi connectivity index (χ0n) is 10.4. The topological polar surface area (TPSA) is 55.4 Å². The van der Waals surface area contributed by atoms with E-state index in [4.69, 9.17) is 4.18 Å². The van der Waals surface area contributed by atoms with E-state index in [1.807, 2.05) is 19.9 Å². The number of nitrogens with one attached hydrogen (secondary N) is 1. The molecule has 1 aliphatic heterocycles. The van der Waals surface area contributed by atoms with Crippen LogP contribution in [0.1, 0.15) is 40.5 Å². The first-order valence-electron chi connectivity index (χ1n) is 5.64. The van der Waals surface area contributed by atoms with Gasteiger partial charge in [0.05, 0.1) is 6.10 Å². The zero-order chi connectivity index (χ0) is 12.3. The Balaban J connectivity index is 2.74. The molecule has 1 fully saturated rings. The van der Waals surface area contributed by atoms with Gasteiger partial charge in [0.2, 0.25) is 0 Å². The van der Waals surface area contributed by atoms with Gasteiger partial charge in [0.25, 0.3) is 0 Å². The molecular weight excluding hydrogens is 226 g/mol. The van der Waals surface area contributed by atoms with Crippen LogP contribution >= 0.6 is 0 Å². The first-order chi connectivity index (χ1) is 7.28. The first-order valence-corrected chi connectivity index (χ1v) is 7.05. The zero-order valence-corrected chi connectivity index (χ0v) is 11.2. The van der Waals surface area contributed by atoms with Gasteiger partial charge in [0, 0.05) is 6.04 Å². The van der Waals surface area contributed by atoms with Crippen molar-refractivity contribution in [2.24, 2.45) is 5.92 Å². The van der Waals surface area contributed by atoms with Crippen LogP contribution in [0.3, 0.4) is 0 Å². The van der Waals surface area contributed by atoms with Crippen molar-refractivity contribution in [2.75, 3.05) is 0 Å². The lowest BCUT2D eigenvalue weighted by Gasteiger charge is -2.29. The minimum Gasteiger partial charge on any atom is -0.255 e. The fourth-order valence-electron chi connectivity index (χ4n) is 1.93. The van der Waals surface area contributed by atoms with Gasteiger partial charge < -0.3 is 0 Å². The van der Waals surface area contributed by atoms with E-state index in [-0.39, 0.29) is 12.1 Å². The molecule has 0 amide bonds. The highest BCUT2D eigenvalue weighted by molar-refractivity contribution is 7.84. The standard InChI is InChI=1S/C11H21NO3S/c1-8(2)5-10-7-11(6-9(3)4)15-16(13,14)12-10/h5,9-12H,6-7H2,1-4H3/t10-,11+/m1/s1. The van der Waals surface area contributed by atoms with Gasteiger partial charge in [-0.15, -0.1) is 0 Å². The van der Waals surface area contributed by atoms with Crippen LogP contribution in [-0.4, -0.2) is 20.6 Å². The van der Waals surface area contributed by atoms with Gasteiger partial charge in [-0.25, -0.2) is 0 Å². The Morgan fingerprint density at radius 3 is 2.62 bits per heavy atom. The molecule has 0 aromatic heterocycles. The molecule has 0 radical (unpaired) electrons. The van der Waals surface area contributed by atoms with Gasteiger partial charge in [-0.3, -0.25) is 4.18 Å². The normalized spacial score (nSPS) is 29.1. The van der Waals surface area contributed by atoms with Crippen molar-refractivity contribution in [3.8, 4) is 0 Å². The number of hydrogen-bond donors (Lipinski definition) is 1. The fraction of sp³-hybridized carbons (Fsp3) is 0.818. The van der Waals surface area contributed by atoms with Gasteiger partial charge in [-0.2, -0.15) is 13.1 Å². The predicted octanol–water partition coefficient (Wildman–Crippen LogP) is 1.99. The first kappa shape index (κ1) is 13.7. The number of hydrogen-bond acceptors (Lipinski definition) is 3. The van der Waals surface area contributed by atoms with Crippen LogP contribution in [-0.2, 0) is 14.5 Å². The summed E-state index contributed by atoms with van der Waals surface area (Å²) in [4.78, 5) is 0. The smallest absolute Gasteiger partial charge is 0.255 e. The molecule has 0 unspecified atom stereocenters. The van der Waals surface area contributed by atoms with Crippen molar-refractivity contribution in [3.05, 3.63) is 11.6 Å². The second kappa shape index (κ2) is 5.29. The summed E-state index contributed by atoms with van der Waals surface area (Å²) in [5.74, 6) is 0.436. The van der Waals surface area contributed by atoms with Crippen molar-refractivity contribution < 1.29 is 12.6 Å². The highest BCUT2D eigenvalue weighted by atomic mass is 32.2. The maximum atomic E-state index is 11.5. The predicted molar refractivity (Wildman–Crippen MR) is 64.2 cm³/mol.